The van der Waals surface area contributed by atoms with Crippen molar-refractivity contribution < 1.29 is 9.90 Å². The zero-order valence-electron chi connectivity index (χ0n) is 6.25. The molecule has 1 N–H and O–H groups in total. The zero-order chi connectivity index (χ0) is 9.14. The van der Waals surface area contributed by atoms with Crippen molar-refractivity contribution in [3.63, 3.8) is 0 Å². The molecule has 0 aliphatic rings. The average Bonchev–Trinajstić information content (AvgIpc) is 2.04. The lowest BCUT2D eigenvalue weighted by atomic mass is 10.1. The summed E-state index contributed by atoms with van der Waals surface area (Å²) in [4.78, 5) is 11.1. The molecule has 62 valence electrons. The normalized spacial score (nSPS) is 9.42. The first-order valence-electron chi connectivity index (χ1n) is 3.29. The third-order valence-electron chi connectivity index (χ3n) is 1.37. The lowest BCUT2D eigenvalue weighted by Crippen LogP contribution is -2.00. The molecule has 0 fully saturated rings. The Morgan fingerprint density at radius 1 is 1.33 bits per heavy atom. The highest BCUT2D eigenvalue weighted by Crippen LogP contribution is 2.11. The van der Waals surface area contributed by atoms with Gasteiger partial charge in [0.2, 0.25) is 5.78 Å². The number of hydrogen-bond donors (Lipinski definition) is 1. The molecule has 0 unspecified atom stereocenters. The SMILES string of the molecule is C=C(O)C(=O)c1ccc(Cl)cc1. The predicted molar refractivity (Wildman–Crippen MR) is 47.6 cm³/mol. The second kappa shape index (κ2) is 3.41. The summed E-state index contributed by atoms with van der Waals surface area (Å²) < 4.78 is 0. The highest BCUT2D eigenvalue weighted by molar-refractivity contribution is 6.30. The van der Waals surface area contributed by atoms with Crippen LogP contribution in [-0.2, 0) is 0 Å². The second-order valence-corrected chi connectivity index (χ2v) is 2.72. The van der Waals surface area contributed by atoms with E-state index in [1.165, 1.54) is 12.1 Å². The number of benzene rings is 1. The fraction of sp³-hybridized carbons (Fsp3) is 0. The number of hydrogen-bond acceptors (Lipinski definition) is 2. The first kappa shape index (κ1) is 8.81. The number of rotatable bonds is 2. The molecule has 0 heterocycles. The van der Waals surface area contributed by atoms with Gasteiger partial charge in [0.25, 0.3) is 0 Å². The van der Waals surface area contributed by atoms with Crippen molar-refractivity contribution in [2.75, 3.05) is 0 Å². The first-order chi connectivity index (χ1) is 5.61. The quantitative estimate of drug-likeness (QED) is 0.434. The molecule has 0 saturated carbocycles. The van der Waals surface area contributed by atoms with Crippen LogP contribution in [0.4, 0.5) is 0 Å². The van der Waals surface area contributed by atoms with E-state index >= 15 is 0 Å². The van der Waals surface area contributed by atoms with Crippen LogP contribution >= 0.6 is 11.6 Å². The Labute approximate surface area is 75.1 Å². The van der Waals surface area contributed by atoms with Crippen molar-refractivity contribution in [3.05, 3.63) is 47.2 Å². The molecule has 0 atom stereocenters. The van der Waals surface area contributed by atoms with Crippen LogP contribution in [0, 0.1) is 0 Å². The van der Waals surface area contributed by atoms with Gasteiger partial charge in [0, 0.05) is 10.6 Å². The van der Waals surface area contributed by atoms with Gasteiger partial charge in [-0.05, 0) is 24.3 Å². The maximum Gasteiger partial charge on any atom is 0.226 e. The minimum atomic E-state index is -0.480. The van der Waals surface area contributed by atoms with Gasteiger partial charge in [0.15, 0.2) is 5.76 Å². The van der Waals surface area contributed by atoms with Crippen LogP contribution in [0.25, 0.3) is 0 Å². The lowest BCUT2D eigenvalue weighted by Gasteiger charge is -1.97. The Bertz CT molecular complexity index is 314. The molecule has 1 aromatic rings. The molecule has 1 rings (SSSR count). The third kappa shape index (κ3) is 1.86. The van der Waals surface area contributed by atoms with Crippen LogP contribution in [0.1, 0.15) is 10.4 Å². The maximum absolute atomic E-state index is 11.1. The topological polar surface area (TPSA) is 37.3 Å². The Morgan fingerprint density at radius 3 is 2.25 bits per heavy atom. The molecule has 0 bridgehead atoms. The lowest BCUT2D eigenvalue weighted by molar-refractivity contribution is 0.0979. The number of carbonyl (C=O) groups excluding carboxylic acids is 1. The van der Waals surface area contributed by atoms with Gasteiger partial charge in [0.05, 0.1) is 0 Å². The summed E-state index contributed by atoms with van der Waals surface area (Å²) in [6, 6.07) is 6.23. The van der Waals surface area contributed by atoms with E-state index in [1.807, 2.05) is 0 Å². The molecule has 0 amide bonds. The summed E-state index contributed by atoms with van der Waals surface area (Å²) in [5.41, 5.74) is 0.381. The molecule has 0 radical (unpaired) electrons. The molecule has 0 aromatic heterocycles. The fourth-order valence-corrected chi connectivity index (χ4v) is 0.894. The number of aliphatic hydroxyl groups excluding tert-OH is 1. The van der Waals surface area contributed by atoms with Crippen LogP contribution in [0.5, 0.6) is 0 Å². The van der Waals surface area contributed by atoms with Crippen molar-refractivity contribution in [1.29, 1.82) is 0 Å². The zero-order valence-corrected chi connectivity index (χ0v) is 7.01. The highest BCUT2D eigenvalue weighted by atomic mass is 35.5. The Morgan fingerprint density at radius 2 is 1.83 bits per heavy atom. The average molecular weight is 183 g/mol. The fourth-order valence-electron chi connectivity index (χ4n) is 0.768. The molecule has 0 saturated heterocycles. The summed E-state index contributed by atoms with van der Waals surface area (Å²) in [6.45, 7) is 3.13. The van der Waals surface area contributed by atoms with Crippen molar-refractivity contribution in [2.24, 2.45) is 0 Å². The van der Waals surface area contributed by atoms with Crippen LogP contribution in [0.15, 0.2) is 36.6 Å². The molecule has 2 nitrogen and oxygen atoms in total. The number of carbonyl (C=O) groups is 1. The van der Waals surface area contributed by atoms with E-state index in [1.54, 1.807) is 12.1 Å². The number of halogens is 1. The van der Waals surface area contributed by atoms with Crippen LogP contribution in [0.3, 0.4) is 0 Å². The molecule has 3 heteroatoms. The molecule has 0 aliphatic heterocycles. The maximum atomic E-state index is 11.1. The van der Waals surface area contributed by atoms with Gasteiger partial charge in [-0.2, -0.15) is 0 Å². The van der Waals surface area contributed by atoms with Gasteiger partial charge in [-0.25, -0.2) is 0 Å². The third-order valence-corrected chi connectivity index (χ3v) is 1.62. The van der Waals surface area contributed by atoms with Crippen molar-refractivity contribution >= 4 is 17.4 Å². The van der Waals surface area contributed by atoms with Gasteiger partial charge in [-0.15, -0.1) is 0 Å². The highest BCUT2D eigenvalue weighted by Gasteiger charge is 2.07. The van der Waals surface area contributed by atoms with Gasteiger partial charge in [-0.1, -0.05) is 18.2 Å². The van der Waals surface area contributed by atoms with E-state index < -0.39 is 11.5 Å². The summed E-state index contributed by atoms with van der Waals surface area (Å²) in [7, 11) is 0. The smallest absolute Gasteiger partial charge is 0.226 e. The molecule has 12 heavy (non-hydrogen) atoms. The summed E-state index contributed by atoms with van der Waals surface area (Å²) in [6.07, 6.45) is 0. The number of allylic oxidation sites excluding steroid dienone is 1. The van der Waals surface area contributed by atoms with Crippen molar-refractivity contribution in [3.8, 4) is 0 Å². The van der Waals surface area contributed by atoms with E-state index in [4.69, 9.17) is 16.7 Å². The van der Waals surface area contributed by atoms with Crippen molar-refractivity contribution in [2.45, 2.75) is 0 Å². The first-order valence-corrected chi connectivity index (χ1v) is 3.67. The van der Waals surface area contributed by atoms with Crippen LogP contribution < -0.4 is 0 Å². The number of aliphatic hydroxyl groups is 1. The molecule has 0 spiro atoms. The van der Waals surface area contributed by atoms with E-state index in [-0.39, 0.29) is 0 Å². The molecule has 1 aromatic carbocycles. The van der Waals surface area contributed by atoms with E-state index in [0.717, 1.165) is 0 Å². The van der Waals surface area contributed by atoms with Gasteiger partial charge in [-0.3, -0.25) is 4.79 Å². The van der Waals surface area contributed by atoms with Crippen molar-refractivity contribution in [1.82, 2.24) is 0 Å². The van der Waals surface area contributed by atoms with E-state index in [9.17, 15) is 4.79 Å². The molecular formula is C9H7ClO2. The molecule has 0 aliphatic carbocycles. The van der Waals surface area contributed by atoms with Gasteiger partial charge < -0.3 is 5.11 Å². The standard InChI is InChI=1S/C9H7ClO2/c1-6(11)9(12)7-2-4-8(10)5-3-7/h2-5,11H,1H2. The summed E-state index contributed by atoms with van der Waals surface area (Å²) in [5, 5.41) is 9.32. The van der Waals surface area contributed by atoms with E-state index in [0.29, 0.717) is 10.6 Å². The number of ketones is 1. The minimum Gasteiger partial charge on any atom is -0.505 e. The second-order valence-electron chi connectivity index (χ2n) is 2.28. The Balaban J connectivity index is 2.98. The Hall–Kier alpha value is -1.28. The Kier molecular flexibility index (Phi) is 2.51. The number of Topliss-reactive ketones (excluding diaryl/α,β-unsaturated/α-hetero) is 1. The minimum absolute atomic E-state index is 0.381. The summed E-state index contributed by atoms with van der Waals surface area (Å²) >= 11 is 5.60. The van der Waals surface area contributed by atoms with Crippen LogP contribution in [-0.4, -0.2) is 10.9 Å². The summed E-state index contributed by atoms with van der Waals surface area (Å²) in [5.74, 6) is -0.941. The van der Waals surface area contributed by atoms with Crippen LogP contribution in [0.2, 0.25) is 5.02 Å². The molecular weight excluding hydrogens is 176 g/mol. The monoisotopic (exact) mass is 182 g/mol. The van der Waals surface area contributed by atoms with Gasteiger partial charge in [0.1, 0.15) is 0 Å². The predicted octanol–water partition coefficient (Wildman–Crippen LogP) is 2.59. The van der Waals surface area contributed by atoms with E-state index in [2.05, 4.69) is 6.58 Å². The largest absolute Gasteiger partial charge is 0.505 e. The van der Waals surface area contributed by atoms with Gasteiger partial charge >= 0.3 is 0 Å².